The molecular formula is C22H26S2. The average Bonchev–Trinajstić information content (AvgIpc) is 3.30. The highest BCUT2D eigenvalue weighted by atomic mass is 32.2. The van der Waals surface area contributed by atoms with Crippen LogP contribution in [-0.4, -0.2) is 0 Å². The molecule has 0 atom stereocenters. The van der Waals surface area contributed by atoms with Crippen molar-refractivity contribution in [2.75, 3.05) is 0 Å². The number of hydrogen-bond donors (Lipinski definition) is 0. The van der Waals surface area contributed by atoms with Crippen LogP contribution in [0.1, 0.15) is 62.5 Å². The standard InChI is InChI=1S/C22H26S2/c1-2-6-21(5-1)17-23-15-13-19-9-11-20(12-10-19)14-16-24-18-22-7-3-4-8-22/h9-18H,1-8H2/b15-13+,16-14+. The summed E-state index contributed by atoms with van der Waals surface area (Å²) in [5.74, 6) is 0. The van der Waals surface area contributed by atoms with Crippen LogP contribution < -0.4 is 0 Å². The normalized spacial score (nSPS) is 18.2. The highest BCUT2D eigenvalue weighted by molar-refractivity contribution is 8.05. The van der Waals surface area contributed by atoms with E-state index >= 15 is 0 Å². The zero-order valence-electron chi connectivity index (χ0n) is 14.2. The summed E-state index contributed by atoms with van der Waals surface area (Å²) < 4.78 is 0. The molecule has 0 spiro atoms. The fraction of sp³-hybridized carbons (Fsp3) is 0.364. The Morgan fingerprint density at radius 2 is 0.958 bits per heavy atom. The van der Waals surface area contributed by atoms with Gasteiger partial charge in [-0.25, -0.2) is 0 Å². The van der Waals surface area contributed by atoms with E-state index in [1.165, 1.54) is 62.5 Å². The molecule has 2 heteroatoms. The van der Waals surface area contributed by atoms with Crippen molar-refractivity contribution in [3.05, 3.63) is 68.2 Å². The molecule has 1 aromatic rings. The molecule has 3 rings (SSSR count). The molecule has 0 radical (unpaired) electrons. The first-order chi connectivity index (χ1) is 11.9. The Morgan fingerprint density at radius 1 is 0.583 bits per heavy atom. The molecule has 0 amide bonds. The van der Waals surface area contributed by atoms with Crippen molar-refractivity contribution in [1.29, 1.82) is 0 Å². The van der Waals surface area contributed by atoms with Gasteiger partial charge in [0.15, 0.2) is 0 Å². The zero-order chi connectivity index (χ0) is 16.5. The van der Waals surface area contributed by atoms with Crippen LogP contribution >= 0.6 is 23.5 Å². The summed E-state index contributed by atoms with van der Waals surface area (Å²) in [5.41, 5.74) is 5.78. The molecule has 0 unspecified atom stereocenters. The largest absolute Gasteiger partial charge is 0.106 e. The van der Waals surface area contributed by atoms with Crippen LogP contribution in [0.25, 0.3) is 12.2 Å². The van der Waals surface area contributed by atoms with Gasteiger partial charge < -0.3 is 0 Å². The second-order valence-corrected chi connectivity index (χ2v) is 8.07. The molecule has 0 heterocycles. The van der Waals surface area contributed by atoms with E-state index in [0.29, 0.717) is 0 Å². The highest BCUT2D eigenvalue weighted by Gasteiger charge is 2.05. The first-order valence-electron chi connectivity index (χ1n) is 9.00. The molecule has 0 saturated heterocycles. The fourth-order valence-electron chi connectivity index (χ4n) is 3.12. The molecule has 0 aliphatic heterocycles. The third-order valence-electron chi connectivity index (χ3n) is 4.58. The molecule has 126 valence electrons. The van der Waals surface area contributed by atoms with Crippen LogP contribution in [0.2, 0.25) is 0 Å². The van der Waals surface area contributed by atoms with E-state index in [4.69, 9.17) is 0 Å². The molecule has 24 heavy (non-hydrogen) atoms. The van der Waals surface area contributed by atoms with Crippen LogP contribution in [0.5, 0.6) is 0 Å². The van der Waals surface area contributed by atoms with Gasteiger partial charge in [-0.1, -0.05) is 35.4 Å². The monoisotopic (exact) mass is 354 g/mol. The van der Waals surface area contributed by atoms with Crippen LogP contribution in [0, 0.1) is 0 Å². The molecule has 0 N–H and O–H groups in total. The number of rotatable bonds is 6. The van der Waals surface area contributed by atoms with Crippen LogP contribution in [0.3, 0.4) is 0 Å². The van der Waals surface area contributed by atoms with Gasteiger partial charge in [-0.3, -0.25) is 0 Å². The van der Waals surface area contributed by atoms with Crippen molar-refractivity contribution in [3.63, 3.8) is 0 Å². The van der Waals surface area contributed by atoms with Crippen LogP contribution in [0.4, 0.5) is 0 Å². The molecule has 0 nitrogen and oxygen atoms in total. The van der Waals surface area contributed by atoms with E-state index < -0.39 is 0 Å². The SMILES string of the molecule is C(S/C=C/c1ccc(/C=C/SC=C2CCCC2)cc1)=C1CCCC1. The predicted molar refractivity (Wildman–Crippen MR) is 113 cm³/mol. The lowest BCUT2D eigenvalue weighted by Crippen LogP contribution is -1.73. The molecule has 2 saturated carbocycles. The van der Waals surface area contributed by atoms with Crippen molar-refractivity contribution in [1.82, 2.24) is 0 Å². The van der Waals surface area contributed by atoms with Gasteiger partial charge >= 0.3 is 0 Å². The fourth-order valence-corrected chi connectivity index (χ4v) is 4.60. The summed E-state index contributed by atoms with van der Waals surface area (Å²) in [6.07, 6.45) is 15.1. The molecular weight excluding hydrogens is 328 g/mol. The first kappa shape index (κ1) is 17.7. The van der Waals surface area contributed by atoms with Crippen molar-refractivity contribution in [3.8, 4) is 0 Å². The zero-order valence-corrected chi connectivity index (χ0v) is 15.9. The maximum absolute atomic E-state index is 2.33. The van der Waals surface area contributed by atoms with E-state index in [9.17, 15) is 0 Å². The Kier molecular flexibility index (Phi) is 7.38. The molecule has 2 fully saturated rings. The number of thioether (sulfide) groups is 2. The van der Waals surface area contributed by atoms with Crippen LogP contribution in [0.15, 0.2) is 57.0 Å². The van der Waals surface area contributed by atoms with Crippen molar-refractivity contribution >= 4 is 35.7 Å². The number of hydrogen-bond acceptors (Lipinski definition) is 2. The Morgan fingerprint density at radius 3 is 1.33 bits per heavy atom. The van der Waals surface area contributed by atoms with E-state index in [0.717, 1.165) is 0 Å². The van der Waals surface area contributed by atoms with Gasteiger partial charge in [0.2, 0.25) is 0 Å². The number of allylic oxidation sites excluding steroid dienone is 2. The molecule has 0 bridgehead atoms. The first-order valence-corrected chi connectivity index (χ1v) is 10.9. The molecule has 1 aromatic carbocycles. The Balaban J connectivity index is 1.44. The lowest BCUT2D eigenvalue weighted by Gasteiger charge is -1.96. The summed E-state index contributed by atoms with van der Waals surface area (Å²) in [6, 6.07) is 8.78. The lowest BCUT2D eigenvalue weighted by molar-refractivity contribution is 0.886. The Bertz CT molecular complexity index is 559. The van der Waals surface area contributed by atoms with Gasteiger partial charge in [-0.15, -0.1) is 23.5 Å². The lowest BCUT2D eigenvalue weighted by atomic mass is 10.1. The van der Waals surface area contributed by atoms with Gasteiger partial charge in [-0.2, -0.15) is 0 Å². The number of benzene rings is 1. The van der Waals surface area contributed by atoms with E-state index in [1.807, 2.05) is 23.5 Å². The third-order valence-corrected chi connectivity index (χ3v) is 6.10. The van der Waals surface area contributed by atoms with Gasteiger partial charge in [0.1, 0.15) is 0 Å². The van der Waals surface area contributed by atoms with E-state index in [2.05, 4.69) is 58.0 Å². The van der Waals surface area contributed by atoms with E-state index in [-0.39, 0.29) is 0 Å². The second kappa shape index (κ2) is 10.0. The summed E-state index contributed by atoms with van der Waals surface area (Å²) in [7, 11) is 0. The highest BCUT2D eigenvalue weighted by Crippen LogP contribution is 2.27. The maximum Gasteiger partial charge on any atom is -0.0242 e. The Hall–Kier alpha value is -1.12. The third kappa shape index (κ3) is 6.07. The van der Waals surface area contributed by atoms with Gasteiger partial charge in [0.05, 0.1) is 0 Å². The topological polar surface area (TPSA) is 0 Å². The average molecular weight is 355 g/mol. The minimum absolute atomic E-state index is 1.27. The maximum atomic E-state index is 2.33. The van der Waals surface area contributed by atoms with Gasteiger partial charge in [0.25, 0.3) is 0 Å². The van der Waals surface area contributed by atoms with Crippen LogP contribution in [-0.2, 0) is 0 Å². The van der Waals surface area contributed by atoms with Crippen molar-refractivity contribution < 1.29 is 0 Å². The van der Waals surface area contributed by atoms with Gasteiger partial charge in [0, 0.05) is 0 Å². The predicted octanol–water partition coefficient (Wildman–Crippen LogP) is 8.01. The smallest absolute Gasteiger partial charge is 0.0242 e. The summed E-state index contributed by atoms with van der Waals surface area (Å²) in [4.78, 5) is 0. The minimum Gasteiger partial charge on any atom is -0.106 e. The quantitative estimate of drug-likeness (QED) is 0.507. The van der Waals surface area contributed by atoms with Gasteiger partial charge in [-0.05, 0) is 96.3 Å². The van der Waals surface area contributed by atoms with Crippen molar-refractivity contribution in [2.24, 2.45) is 0 Å². The summed E-state index contributed by atoms with van der Waals surface area (Å²) >= 11 is 3.62. The molecule has 2 aliphatic rings. The van der Waals surface area contributed by atoms with E-state index in [1.54, 1.807) is 11.1 Å². The Labute approximate surface area is 155 Å². The minimum atomic E-state index is 1.27. The summed E-state index contributed by atoms with van der Waals surface area (Å²) in [5, 5.41) is 9.05. The molecule has 0 aromatic heterocycles. The molecule has 2 aliphatic carbocycles. The van der Waals surface area contributed by atoms with Crippen molar-refractivity contribution in [2.45, 2.75) is 51.4 Å². The second-order valence-electron chi connectivity index (χ2n) is 6.51. The summed E-state index contributed by atoms with van der Waals surface area (Å²) in [6.45, 7) is 0.